The van der Waals surface area contributed by atoms with Gasteiger partial charge in [0.2, 0.25) is 0 Å². The van der Waals surface area contributed by atoms with Gasteiger partial charge in [0.15, 0.2) is 0 Å². The molecule has 44 heavy (non-hydrogen) atoms. The van der Waals surface area contributed by atoms with Crippen molar-refractivity contribution < 1.29 is 47.7 Å². The lowest BCUT2D eigenvalue weighted by atomic mass is 10.2. The number of unbranched alkanes of at least 4 members (excludes halogenated alkanes) is 3. The molecule has 0 atom stereocenters. The van der Waals surface area contributed by atoms with Crippen molar-refractivity contribution >= 4 is 28.7 Å². The number of nitrogens with one attached hydrogen (secondary N) is 1. The Balaban J connectivity index is 1.76. The summed E-state index contributed by atoms with van der Waals surface area (Å²) in [5, 5.41) is 24.8. The normalized spacial score (nSPS) is 11.2. The number of nitro benzene ring substituents is 2. The summed E-state index contributed by atoms with van der Waals surface area (Å²) in [5.41, 5.74) is -0.515. The summed E-state index contributed by atoms with van der Waals surface area (Å²) in [5.74, 6) is 0.731. The molecule has 0 amide bonds. The lowest BCUT2D eigenvalue weighted by Gasteiger charge is -2.09. The van der Waals surface area contributed by atoms with E-state index >= 15 is 0 Å². The van der Waals surface area contributed by atoms with E-state index in [9.17, 15) is 20.2 Å². The molecule has 1 rings (SSSR count). The number of ether oxygens (including phenoxy) is 8. The molecule has 0 bridgehead atoms. The van der Waals surface area contributed by atoms with Gasteiger partial charge in [-0.3, -0.25) is 20.2 Å². The van der Waals surface area contributed by atoms with Crippen LogP contribution in [0.15, 0.2) is 18.2 Å². The zero-order valence-corrected chi connectivity index (χ0v) is 26.2. The molecule has 0 aromatic heterocycles. The van der Waals surface area contributed by atoms with E-state index in [2.05, 4.69) is 5.32 Å². The number of non-ortho nitro benzene ring substituents is 1. The number of halogens is 1. The Morgan fingerprint density at radius 3 is 1.36 bits per heavy atom. The minimum absolute atomic E-state index is 0.189. The van der Waals surface area contributed by atoms with E-state index < -0.39 is 9.85 Å². The van der Waals surface area contributed by atoms with Crippen molar-refractivity contribution in [3.05, 3.63) is 38.4 Å². The minimum Gasteiger partial charge on any atom is -0.379 e. The Hall–Kier alpha value is -2.21. The fourth-order valence-corrected chi connectivity index (χ4v) is 3.67. The van der Waals surface area contributed by atoms with Crippen LogP contribution in [-0.2, 0) is 37.9 Å². The number of rotatable bonds is 33. The Kier molecular flexibility index (Phi) is 26.7. The van der Waals surface area contributed by atoms with Gasteiger partial charge in [0, 0.05) is 25.1 Å². The second-order valence-electron chi connectivity index (χ2n) is 9.14. The van der Waals surface area contributed by atoms with Crippen LogP contribution < -0.4 is 5.32 Å². The topological polar surface area (TPSA) is 172 Å². The largest absolute Gasteiger partial charge is 0.379 e. The van der Waals surface area contributed by atoms with Crippen molar-refractivity contribution in [2.24, 2.45) is 0 Å². The van der Waals surface area contributed by atoms with Gasteiger partial charge in [-0.05, 0) is 18.9 Å². The highest BCUT2D eigenvalue weighted by Crippen LogP contribution is 2.28. The van der Waals surface area contributed by atoms with Gasteiger partial charge in [-0.25, -0.2) is 0 Å². The number of nitrogens with zero attached hydrogens (tertiary/aromatic N) is 2. The molecule has 254 valence electrons. The van der Waals surface area contributed by atoms with Crippen LogP contribution in [0.25, 0.3) is 0 Å². The molecule has 1 aromatic carbocycles. The zero-order valence-electron chi connectivity index (χ0n) is 25.5. The first-order valence-electron chi connectivity index (χ1n) is 14.9. The third-order valence-corrected chi connectivity index (χ3v) is 5.99. The maximum absolute atomic E-state index is 11.1. The molecule has 0 heterocycles. The molecule has 0 aliphatic rings. The lowest BCUT2D eigenvalue weighted by molar-refractivity contribution is -0.393. The third-order valence-electron chi connectivity index (χ3n) is 5.73. The molecule has 0 spiro atoms. The van der Waals surface area contributed by atoms with Crippen molar-refractivity contribution in [1.82, 2.24) is 0 Å². The van der Waals surface area contributed by atoms with Crippen LogP contribution in [0.1, 0.15) is 25.7 Å². The number of alkyl halides is 1. The Morgan fingerprint density at radius 2 is 0.955 bits per heavy atom. The maximum Gasteiger partial charge on any atom is 0.299 e. The van der Waals surface area contributed by atoms with E-state index in [1.165, 1.54) is 12.1 Å². The predicted octanol–water partition coefficient (Wildman–Crippen LogP) is 3.85. The van der Waals surface area contributed by atoms with Gasteiger partial charge in [0.1, 0.15) is 5.69 Å². The molecule has 15 nitrogen and oxygen atoms in total. The van der Waals surface area contributed by atoms with E-state index in [4.69, 9.17) is 49.5 Å². The summed E-state index contributed by atoms with van der Waals surface area (Å²) in [6.45, 7) is 7.96. The van der Waals surface area contributed by atoms with Gasteiger partial charge in [0.05, 0.1) is 115 Å². The van der Waals surface area contributed by atoms with Crippen LogP contribution in [0.3, 0.4) is 0 Å². The van der Waals surface area contributed by atoms with Crippen LogP contribution >= 0.6 is 11.6 Å². The average Bonchev–Trinajstić information content (AvgIpc) is 3.01. The summed E-state index contributed by atoms with van der Waals surface area (Å²) in [7, 11) is 0. The van der Waals surface area contributed by atoms with Crippen molar-refractivity contribution in [2.75, 3.05) is 123 Å². The molecule has 16 heteroatoms. The van der Waals surface area contributed by atoms with E-state index in [-0.39, 0.29) is 23.7 Å². The van der Waals surface area contributed by atoms with Crippen LogP contribution in [0.4, 0.5) is 17.1 Å². The molecule has 1 aromatic rings. The Labute approximate surface area is 264 Å². The van der Waals surface area contributed by atoms with Crippen LogP contribution in [-0.4, -0.2) is 128 Å². The minimum atomic E-state index is -0.679. The first kappa shape index (κ1) is 39.8. The van der Waals surface area contributed by atoms with E-state index in [1.54, 1.807) is 0 Å². The fraction of sp³-hybridized carbons (Fsp3) is 0.786. The van der Waals surface area contributed by atoms with Gasteiger partial charge in [-0.1, -0.05) is 12.8 Å². The molecule has 0 aliphatic carbocycles. The van der Waals surface area contributed by atoms with Crippen molar-refractivity contribution in [3.63, 3.8) is 0 Å². The Morgan fingerprint density at radius 1 is 0.545 bits per heavy atom. The SMILES string of the molecule is O=[N+]([O-])c1ccc(NCCOCCOCCOCCOCCOCCOCCOCCOCCCCCCCl)c([N+](=O)[O-])c1. The highest BCUT2D eigenvalue weighted by molar-refractivity contribution is 6.17. The average molecular weight is 654 g/mol. The van der Waals surface area contributed by atoms with Crippen LogP contribution in [0.5, 0.6) is 0 Å². The second kappa shape index (κ2) is 29.5. The van der Waals surface area contributed by atoms with Crippen molar-refractivity contribution in [2.45, 2.75) is 25.7 Å². The molecule has 0 saturated carbocycles. The highest BCUT2D eigenvalue weighted by Gasteiger charge is 2.19. The smallest absolute Gasteiger partial charge is 0.299 e. The molecule has 0 unspecified atom stereocenters. The highest BCUT2D eigenvalue weighted by atomic mass is 35.5. The number of hydrogen-bond acceptors (Lipinski definition) is 13. The van der Waals surface area contributed by atoms with E-state index in [1.807, 2.05) is 0 Å². The maximum atomic E-state index is 11.1. The molecule has 0 radical (unpaired) electrons. The van der Waals surface area contributed by atoms with Gasteiger partial charge < -0.3 is 43.2 Å². The molecular formula is C28H48ClN3O12. The molecule has 0 fully saturated rings. The van der Waals surface area contributed by atoms with E-state index in [0.717, 1.165) is 44.2 Å². The summed E-state index contributed by atoms with van der Waals surface area (Å²) >= 11 is 5.64. The van der Waals surface area contributed by atoms with Gasteiger partial charge in [-0.2, -0.15) is 0 Å². The van der Waals surface area contributed by atoms with Crippen molar-refractivity contribution in [1.29, 1.82) is 0 Å². The summed E-state index contributed by atoms with van der Waals surface area (Å²) in [4.78, 5) is 20.6. The Bertz CT molecular complexity index is 856. The third kappa shape index (κ3) is 23.2. The number of hydrogen-bond donors (Lipinski definition) is 1. The summed E-state index contributed by atoms with van der Waals surface area (Å²) in [6, 6.07) is 3.43. The quantitative estimate of drug-likeness (QED) is 0.0502. The second-order valence-corrected chi connectivity index (χ2v) is 9.52. The lowest BCUT2D eigenvalue weighted by Crippen LogP contribution is -2.15. The summed E-state index contributed by atoms with van der Waals surface area (Å²) in [6.07, 6.45) is 4.44. The van der Waals surface area contributed by atoms with Gasteiger partial charge >= 0.3 is 0 Å². The standard InChI is InChI=1S/C28H48ClN3O12/c29-7-3-1-2-4-9-37-11-13-39-15-17-41-19-21-43-23-24-44-22-20-42-18-16-40-14-12-38-10-8-30-27-6-5-26(31(33)34)25-28(27)32(35)36/h5-6,25,30H,1-4,7-24H2. The molecule has 0 aliphatic heterocycles. The number of anilines is 1. The molecule has 0 saturated heterocycles. The number of benzene rings is 1. The summed E-state index contributed by atoms with van der Waals surface area (Å²) < 4.78 is 43.6. The van der Waals surface area contributed by atoms with Gasteiger partial charge in [-0.15, -0.1) is 11.6 Å². The van der Waals surface area contributed by atoms with Crippen LogP contribution in [0.2, 0.25) is 0 Å². The predicted molar refractivity (Wildman–Crippen MR) is 164 cm³/mol. The first-order chi connectivity index (χ1) is 21.6. The van der Waals surface area contributed by atoms with Gasteiger partial charge in [0.25, 0.3) is 11.4 Å². The monoisotopic (exact) mass is 653 g/mol. The molecular weight excluding hydrogens is 606 g/mol. The van der Waals surface area contributed by atoms with E-state index in [0.29, 0.717) is 99.0 Å². The first-order valence-corrected chi connectivity index (χ1v) is 15.4. The zero-order chi connectivity index (χ0) is 31.9. The molecule has 1 N–H and O–H groups in total. The fourth-order valence-electron chi connectivity index (χ4n) is 3.49. The van der Waals surface area contributed by atoms with Crippen LogP contribution in [0, 0.1) is 20.2 Å². The van der Waals surface area contributed by atoms with Crippen molar-refractivity contribution in [3.8, 4) is 0 Å². The number of nitro groups is 2.